The first-order chi connectivity index (χ1) is 6.54. The highest BCUT2D eigenvalue weighted by molar-refractivity contribution is 6.31. The topological polar surface area (TPSA) is 58.3 Å². The summed E-state index contributed by atoms with van der Waals surface area (Å²) in [5, 5.41) is 11.7. The number of nitrogen functional groups attached to an aromatic ring is 1. The van der Waals surface area contributed by atoms with E-state index in [0.717, 1.165) is 6.07 Å². The van der Waals surface area contributed by atoms with E-state index in [1.165, 1.54) is 6.07 Å². The second-order valence-electron chi connectivity index (χ2n) is 3.08. The lowest BCUT2D eigenvalue weighted by Crippen LogP contribution is -2.20. The number of hydrogen-bond donors (Lipinski definition) is 3. The maximum atomic E-state index is 12.9. The van der Waals surface area contributed by atoms with Crippen LogP contribution in [0.25, 0.3) is 0 Å². The Morgan fingerprint density at radius 2 is 2.29 bits per heavy atom. The lowest BCUT2D eigenvalue weighted by atomic mass is 10.2. The van der Waals surface area contributed by atoms with Gasteiger partial charge in [0.15, 0.2) is 0 Å². The molecule has 0 saturated carbocycles. The average molecular weight is 219 g/mol. The number of benzene rings is 1. The van der Waals surface area contributed by atoms with Crippen molar-refractivity contribution in [3.05, 3.63) is 23.0 Å². The molecule has 0 saturated heterocycles. The molecule has 4 N–H and O–H groups in total. The van der Waals surface area contributed by atoms with Crippen molar-refractivity contribution in [2.24, 2.45) is 0 Å². The monoisotopic (exact) mass is 218 g/mol. The highest BCUT2D eigenvalue weighted by Crippen LogP contribution is 2.26. The minimum absolute atomic E-state index is 0.00633. The Bertz CT molecular complexity index is 333. The zero-order chi connectivity index (χ0) is 10.7. The fourth-order valence-electron chi connectivity index (χ4n) is 0.998. The Balaban J connectivity index is 2.92. The molecule has 0 aliphatic heterocycles. The third-order valence-electron chi connectivity index (χ3n) is 1.77. The van der Waals surface area contributed by atoms with Gasteiger partial charge in [-0.05, 0) is 13.0 Å². The molecule has 0 aliphatic rings. The van der Waals surface area contributed by atoms with Crippen LogP contribution in [0.1, 0.15) is 6.92 Å². The van der Waals surface area contributed by atoms with Gasteiger partial charge in [-0.1, -0.05) is 11.6 Å². The standard InChI is InChI=1S/C9H12ClFN2O/c1-5(4-14)13-9-2-6(10)7(11)3-8(9)12/h2-3,5,13-14H,4,12H2,1H3. The summed E-state index contributed by atoms with van der Waals surface area (Å²) < 4.78 is 12.9. The van der Waals surface area contributed by atoms with Crippen LogP contribution in [0.3, 0.4) is 0 Å². The lowest BCUT2D eigenvalue weighted by molar-refractivity contribution is 0.281. The van der Waals surface area contributed by atoms with E-state index in [1.807, 2.05) is 0 Å². The van der Waals surface area contributed by atoms with Gasteiger partial charge in [0, 0.05) is 12.1 Å². The van der Waals surface area contributed by atoms with Crippen LogP contribution in [-0.2, 0) is 0 Å². The molecule has 1 atom stereocenters. The van der Waals surface area contributed by atoms with Crippen LogP contribution < -0.4 is 11.1 Å². The van der Waals surface area contributed by atoms with E-state index in [9.17, 15) is 4.39 Å². The van der Waals surface area contributed by atoms with E-state index >= 15 is 0 Å². The summed E-state index contributed by atoms with van der Waals surface area (Å²) in [6, 6.07) is 2.39. The van der Waals surface area contributed by atoms with Crippen molar-refractivity contribution in [2.75, 3.05) is 17.7 Å². The van der Waals surface area contributed by atoms with E-state index in [1.54, 1.807) is 6.92 Å². The molecule has 0 aliphatic carbocycles. The fraction of sp³-hybridized carbons (Fsp3) is 0.333. The van der Waals surface area contributed by atoms with Gasteiger partial charge in [0.2, 0.25) is 0 Å². The number of rotatable bonds is 3. The number of nitrogens with two attached hydrogens (primary N) is 1. The fourth-order valence-corrected chi connectivity index (χ4v) is 1.16. The highest BCUT2D eigenvalue weighted by atomic mass is 35.5. The summed E-state index contributed by atoms with van der Waals surface area (Å²) in [6.45, 7) is 1.74. The van der Waals surface area contributed by atoms with Crippen molar-refractivity contribution in [2.45, 2.75) is 13.0 Å². The van der Waals surface area contributed by atoms with Gasteiger partial charge in [-0.2, -0.15) is 0 Å². The molecule has 1 unspecified atom stereocenters. The minimum atomic E-state index is -0.550. The Hall–Kier alpha value is -1.00. The summed E-state index contributed by atoms with van der Waals surface area (Å²) in [5.41, 5.74) is 6.35. The molecule has 0 fully saturated rings. The molecule has 14 heavy (non-hydrogen) atoms. The molecule has 3 nitrogen and oxygen atoms in total. The summed E-state index contributed by atoms with van der Waals surface area (Å²) in [4.78, 5) is 0. The second kappa shape index (κ2) is 4.48. The second-order valence-corrected chi connectivity index (χ2v) is 3.49. The van der Waals surface area contributed by atoms with Gasteiger partial charge in [-0.15, -0.1) is 0 Å². The molecule has 1 aromatic rings. The number of nitrogens with one attached hydrogen (secondary N) is 1. The molecule has 0 heterocycles. The predicted octanol–water partition coefficient (Wildman–Crippen LogP) is 1.85. The lowest BCUT2D eigenvalue weighted by Gasteiger charge is -2.14. The van der Waals surface area contributed by atoms with E-state index in [2.05, 4.69) is 5.32 Å². The predicted molar refractivity (Wildman–Crippen MR) is 56.0 cm³/mol. The summed E-state index contributed by atoms with van der Waals surface area (Å²) in [5.74, 6) is -0.550. The maximum Gasteiger partial charge on any atom is 0.143 e. The molecular formula is C9H12ClFN2O. The summed E-state index contributed by atoms with van der Waals surface area (Å²) in [6.07, 6.45) is 0. The van der Waals surface area contributed by atoms with Crippen molar-refractivity contribution in [3.63, 3.8) is 0 Å². The smallest absolute Gasteiger partial charge is 0.143 e. The van der Waals surface area contributed by atoms with Gasteiger partial charge >= 0.3 is 0 Å². The molecule has 0 spiro atoms. The van der Waals surface area contributed by atoms with Gasteiger partial charge in [0.25, 0.3) is 0 Å². The average Bonchev–Trinajstić information content (AvgIpc) is 2.14. The van der Waals surface area contributed by atoms with Gasteiger partial charge in [0.1, 0.15) is 5.82 Å². The van der Waals surface area contributed by atoms with Gasteiger partial charge in [0.05, 0.1) is 23.0 Å². The van der Waals surface area contributed by atoms with E-state index in [4.69, 9.17) is 22.4 Å². The Morgan fingerprint density at radius 1 is 1.64 bits per heavy atom. The van der Waals surface area contributed by atoms with Crippen molar-refractivity contribution < 1.29 is 9.50 Å². The number of anilines is 2. The van der Waals surface area contributed by atoms with Crippen molar-refractivity contribution in [1.29, 1.82) is 0 Å². The van der Waals surface area contributed by atoms with Crippen LogP contribution in [0.15, 0.2) is 12.1 Å². The highest BCUT2D eigenvalue weighted by Gasteiger charge is 2.08. The van der Waals surface area contributed by atoms with Crippen molar-refractivity contribution in [1.82, 2.24) is 0 Å². The molecule has 0 aromatic heterocycles. The molecular weight excluding hydrogens is 207 g/mol. The van der Waals surface area contributed by atoms with Crippen LogP contribution in [0.5, 0.6) is 0 Å². The number of halogens is 2. The SMILES string of the molecule is CC(CO)Nc1cc(Cl)c(F)cc1N. The Morgan fingerprint density at radius 3 is 2.86 bits per heavy atom. The van der Waals surface area contributed by atoms with Crippen LogP contribution in [-0.4, -0.2) is 17.8 Å². The quantitative estimate of drug-likeness (QED) is 0.679. The van der Waals surface area contributed by atoms with E-state index in [0.29, 0.717) is 5.69 Å². The largest absolute Gasteiger partial charge is 0.397 e. The molecule has 78 valence electrons. The van der Waals surface area contributed by atoms with E-state index in [-0.39, 0.29) is 23.4 Å². The Kier molecular flexibility index (Phi) is 3.55. The summed E-state index contributed by atoms with van der Waals surface area (Å²) in [7, 11) is 0. The van der Waals surface area contributed by atoms with Gasteiger partial charge in [-0.25, -0.2) is 4.39 Å². The first-order valence-corrected chi connectivity index (χ1v) is 4.54. The zero-order valence-electron chi connectivity index (χ0n) is 7.72. The molecule has 1 rings (SSSR count). The number of aliphatic hydroxyl groups is 1. The van der Waals surface area contributed by atoms with Crippen LogP contribution >= 0.6 is 11.6 Å². The van der Waals surface area contributed by atoms with Crippen LogP contribution in [0.2, 0.25) is 5.02 Å². The number of hydrogen-bond acceptors (Lipinski definition) is 3. The third kappa shape index (κ3) is 2.49. The third-order valence-corrected chi connectivity index (χ3v) is 2.06. The molecule has 0 amide bonds. The van der Waals surface area contributed by atoms with E-state index < -0.39 is 5.82 Å². The first kappa shape index (κ1) is 11.1. The normalized spacial score (nSPS) is 12.6. The van der Waals surface area contributed by atoms with Gasteiger partial charge in [-0.3, -0.25) is 0 Å². The number of aliphatic hydroxyl groups excluding tert-OH is 1. The maximum absolute atomic E-state index is 12.9. The van der Waals surface area contributed by atoms with Crippen LogP contribution in [0.4, 0.5) is 15.8 Å². The summed E-state index contributed by atoms with van der Waals surface area (Å²) >= 11 is 5.58. The van der Waals surface area contributed by atoms with Crippen LogP contribution in [0, 0.1) is 5.82 Å². The van der Waals surface area contributed by atoms with Gasteiger partial charge < -0.3 is 16.2 Å². The van der Waals surface area contributed by atoms with Crippen molar-refractivity contribution >= 4 is 23.0 Å². The molecule has 1 aromatic carbocycles. The Labute approximate surface area is 86.7 Å². The van der Waals surface area contributed by atoms with Crippen molar-refractivity contribution in [3.8, 4) is 0 Å². The molecule has 5 heteroatoms. The molecule has 0 bridgehead atoms. The minimum Gasteiger partial charge on any atom is -0.397 e. The zero-order valence-corrected chi connectivity index (χ0v) is 8.48. The first-order valence-electron chi connectivity index (χ1n) is 4.16. The molecule has 0 radical (unpaired) electrons.